The number of ether oxygens (including phenoxy) is 2. The Labute approximate surface area is 104 Å². The molecule has 0 spiro atoms. The lowest BCUT2D eigenvalue weighted by atomic mass is 9.99. The Morgan fingerprint density at radius 1 is 1.29 bits per heavy atom. The predicted molar refractivity (Wildman–Crippen MR) is 65.5 cm³/mol. The van der Waals surface area contributed by atoms with E-state index in [0.29, 0.717) is 19.5 Å². The normalized spacial score (nSPS) is 12.9. The summed E-state index contributed by atoms with van der Waals surface area (Å²) in [6, 6.07) is 0. The minimum Gasteiger partial charge on any atom is -0.462 e. The number of carbonyl (C=O) groups is 2. The van der Waals surface area contributed by atoms with Crippen LogP contribution in [-0.4, -0.2) is 25.2 Å². The maximum atomic E-state index is 11.7. The van der Waals surface area contributed by atoms with Gasteiger partial charge >= 0.3 is 5.97 Å². The first-order valence-corrected chi connectivity index (χ1v) is 6.16. The summed E-state index contributed by atoms with van der Waals surface area (Å²) in [5, 5.41) is 0. The van der Waals surface area contributed by atoms with Crippen LogP contribution in [0.5, 0.6) is 0 Å². The van der Waals surface area contributed by atoms with Gasteiger partial charge in [0.05, 0.1) is 6.61 Å². The molecule has 0 aliphatic rings. The zero-order valence-corrected chi connectivity index (χ0v) is 11.3. The Balaban J connectivity index is 4.09. The fourth-order valence-corrected chi connectivity index (χ4v) is 1.27. The van der Waals surface area contributed by atoms with Gasteiger partial charge in [-0.25, -0.2) is 4.79 Å². The van der Waals surface area contributed by atoms with Gasteiger partial charge < -0.3 is 9.47 Å². The molecule has 0 aliphatic carbocycles. The van der Waals surface area contributed by atoms with Crippen LogP contribution in [0.15, 0.2) is 0 Å². The van der Waals surface area contributed by atoms with Crippen LogP contribution in [0.3, 0.4) is 0 Å². The third-order valence-electron chi connectivity index (χ3n) is 2.20. The second-order valence-electron chi connectivity index (χ2n) is 5.39. The molecule has 0 amide bonds. The van der Waals surface area contributed by atoms with Gasteiger partial charge in [0, 0.05) is 0 Å². The van der Waals surface area contributed by atoms with Gasteiger partial charge in [0.25, 0.3) is 6.47 Å². The number of unbranched alkanes of at least 4 members (excludes halogenated alkanes) is 2. The zero-order valence-electron chi connectivity index (χ0n) is 11.3. The van der Waals surface area contributed by atoms with E-state index in [4.69, 9.17) is 9.47 Å². The molecule has 0 radical (unpaired) electrons. The van der Waals surface area contributed by atoms with Crippen LogP contribution in [0.2, 0.25) is 0 Å². The predicted octanol–water partition coefficient (Wildman–Crippen LogP) is 2.70. The summed E-state index contributed by atoms with van der Waals surface area (Å²) in [5.41, 5.74) is -0.0786. The van der Waals surface area contributed by atoms with Gasteiger partial charge in [0.2, 0.25) is 0 Å². The number of rotatable bonds is 8. The van der Waals surface area contributed by atoms with Gasteiger partial charge in [-0.3, -0.25) is 4.79 Å². The minimum atomic E-state index is -0.749. The summed E-state index contributed by atoms with van der Waals surface area (Å²) in [7, 11) is 0. The Hall–Kier alpha value is -1.06. The van der Waals surface area contributed by atoms with Gasteiger partial charge in [0.1, 0.15) is 0 Å². The largest absolute Gasteiger partial charge is 0.462 e. The van der Waals surface area contributed by atoms with Crippen LogP contribution in [-0.2, 0) is 19.1 Å². The van der Waals surface area contributed by atoms with E-state index in [9.17, 15) is 9.59 Å². The van der Waals surface area contributed by atoms with E-state index in [0.717, 1.165) is 19.3 Å². The Kier molecular flexibility index (Phi) is 7.59. The Bertz CT molecular complexity index is 230. The van der Waals surface area contributed by atoms with E-state index in [1.54, 1.807) is 0 Å². The molecule has 0 N–H and O–H groups in total. The van der Waals surface area contributed by atoms with E-state index in [-0.39, 0.29) is 5.41 Å². The second-order valence-corrected chi connectivity index (χ2v) is 5.39. The Morgan fingerprint density at radius 3 is 2.41 bits per heavy atom. The summed E-state index contributed by atoms with van der Waals surface area (Å²) < 4.78 is 9.89. The summed E-state index contributed by atoms with van der Waals surface area (Å²) in [6.07, 6.45) is 2.73. The maximum absolute atomic E-state index is 11.7. The lowest BCUT2D eigenvalue weighted by Gasteiger charge is -2.20. The first-order chi connectivity index (χ1) is 7.90. The lowest BCUT2D eigenvalue weighted by Crippen LogP contribution is -2.29. The van der Waals surface area contributed by atoms with E-state index < -0.39 is 12.1 Å². The fraction of sp³-hybridized carbons (Fsp3) is 0.846. The molecule has 0 rings (SSSR count). The molecular formula is C13H24O4. The molecular weight excluding hydrogens is 220 g/mol. The molecule has 4 heteroatoms. The monoisotopic (exact) mass is 244 g/mol. The molecule has 0 aromatic carbocycles. The summed E-state index contributed by atoms with van der Waals surface area (Å²) in [5.74, 6) is -0.442. The van der Waals surface area contributed by atoms with Crippen LogP contribution >= 0.6 is 0 Å². The quantitative estimate of drug-likeness (QED) is 0.374. The SMILES string of the molecule is CCCCCC(OC=O)C(=O)OCC(C)(C)C. The molecule has 0 fully saturated rings. The number of esters is 1. The van der Waals surface area contributed by atoms with Crippen LogP contribution in [0.25, 0.3) is 0 Å². The minimum absolute atomic E-state index is 0.0786. The van der Waals surface area contributed by atoms with Crippen molar-refractivity contribution < 1.29 is 19.1 Å². The van der Waals surface area contributed by atoms with E-state index in [1.807, 2.05) is 20.8 Å². The van der Waals surface area contributed by atoms with Crippen molar-refractivity contribution in [1.82, 2.24) is 0 Å². The molecule has 0 aliphatic heterocycles. The van der Waals surface area contributed by atoms with Crippen molar-refractivity contribution in [2.45, 2.75) is 59.5 Å². The molecule has 1 unspecified atom stereocenters. The zero-order chi connectivity index (χ0) is 13.3. The average Bonchev–Trinajstić information content (AvgIpc) is 2.24. The number of hydrogen-bond donors (Lipinski definition) is 0. The molecule has 1 atom stereocenters. The molecule has 0 saturated heterocycles. The van der Waals surface area contributed by atoms with Crippen LogP contribution in [0, 0.1) is 5.41 Å². The topological polar surface area (TPSA) is 52.6 Å². The standard InChI is InChI=1S/C13H24O4/c1-5-6-7-8-11(17-10-14)12(15)16-9-13(2,3)4/h10-11H,5-9H2,1-4H3. The molecule has 0 bridgehead atoms. The van der Waals surface area contributed by atoms with Crippen molar-refractivity contribution in [3.05, 3.63) is 0 Å². The van der Waals surface area contributed by atoms with Crippen LogP contribution in [0.4, 0.5) is 0 Å². The highest BCUT2D eigenvalue weighted by molar-refractivity contribution is 5.75. The average molecular weight is 244 g/mol. The third kappa shape index (κ3) is 8.72. The van der Waals surface area contributed by atoms with Gasteiger partial charge in [-0.2, -0.15) is 0 Å². The molecule has 0 saturated carbocycles. The fourth-order valence-electron chi connectivity index (χ4n) is 1.27. The van der Waals surface area contributed by atoms with E-state index in [1.165, 1.54) is 0 Å². The molecule has 0 aromatic heterocycles. The van der Waals surface area contributed by atoms with Crippen molar-refractivity contribution in [1.29, 1.82) is 0 Å². The summed E-state index contributed by atoms with van der Waals surface area (Å²) in [6.45, 7) is 8.66. The summed E-state index contributed by atoms with van der Waals surface area (Å²) in [4.78, 5) is 22.0. The van der Waals surface area contributed by atoms with Gasteiger partial charge in [-0.1, -0.05) is 40.5 Å². The highest BCUT2D eigenvalue weighted by atomic mass is 16.6. The van der Waals surface area contributed by atoms with Crippen molar-refractivity contribution in [2.24, 2.45) is 5.41 Å². The van der Waals surface area contributed by atoms with Crippen LogP contribution < -0.4 is 0 Å². The molecule has 0 aromatic rings. The van der Waals surface area contributed by atoms with Crippen molar-refractivity contribution in [3.8, 4) is 0 Å². The Morgan fingerprint density at radius 2 is 1.94 bits per heavy atom. The smallest absolute Gasteiger partial charge is 0.347 e. The molecule has 4 nitrogen and oxygen atoms in total. The maximum Gasteiger partial charge on any atom is 0.347 e. The van der Waals surface area contributed by atoms with Gasteiger partial charge in [-0.15, -0.1) is 0 Å². The molecule has 100 valence electrons. The van der Waals surface area contributed by atoms with Gasteiger partial charge in [-0.05, 0) is 18.3 Å². The first-order valence-electron chi connectivity index (χ1n) is 6.16. The number of carbonyl (C=O) groups excluding carboxylic acids is 2. The van der Waals surface area contributed by atoms with Crippen molar-refractivity contribution in [3.63, 3.8) is 0 Å². The third-order valence-corrected chi connectivity index (χ3v) is 2.20. The molecule has 0 heterocycles. The highest BCUT2D eigenvalue weighted by Crippen LogP contribution is 2.15. The van der Waals surface area contributed by atoms with Gasteiger partial charge in [0.15, 0.2) is 6.10 Å². The number of hydrogen-bond acceptors (Lipinski definition) is 4. The lowest BCUT2D eigenvalue weighted by molar-refractivity contribution is -0.164. The van der Waals surface area contributed by atoms with E-state index >= 15 is 0 Å². The van der Waals surface area contributed by atoms with Crippen molar-refractivity contribution in [2.75, 3.05) is 6.61 Å². The van der Waals surface area contributed by atoms with Crippen molar-refractivity contribution >= 4 is 12.4 Å². The first kappa shape index (κ1) is 15.9. The van der Waals surface area contributed by atoms with E-state index in [2.05, 4.69) is 6.92 Å². The summed E-state index contributed by atoms with van der Waals surface area (Å²) >= 11 is 0. The van der Waals surface area contributed by atoms with Crippen LogP contribution in [0.1, 0.15) is 53.4 Å². The highest BCUT2D eigenvalue weighted by Gasteiger charge is 2.23. The molecule has 17 heavy (non-hydrogen) atoms. The second kappa shape index (κ2) is 8.09.